The number of carbonyl (C=O) groups excluding carboxylic acids is 1. The highest BCUT2D eigenvalue weighted by Crippen LogP contribution is 2.22. The summed E-state index contributed by atoms with van der Waals surface area (Å²) in [5, 5.41) is 15.1. The fraction of sp³-hybridized carbons (Fsp3) is 0.0909. The van der Waals surface area contributed by atoms with Crippen LogP contribution in [0.5, 0.6) is 0 Å². The van der Waals surface area contributed by atoms with Gasteiger partial charge >= 0.3 is 4.87 Å². The van der Waals surface area contributed by atoms with Crippen LogP contribution >= 0.6 is 22.9 Å². The predicted octanol–water partition coefficient (Wildman–Crippen LogP) is 1.93. The zero-order valence-corrected chi connectivity index (χ0v) is 11.5. The van der Waals surface area contributed by atoms with E-state index in [9.17, 15) is 19.7 Å². The van der Waals surface area contributed by atoms with Gasteiger partial charge in [-0.1, -0.05) is 22.9 Å². The largest absolute Gasteiger partial charge is 0.346 e. The number of H-pyrrole nitrogens is 1. The lowest BCUT2D eigenvalue weighted by atomic mass is 10.1. The monoisotopic (exact) mass is 313 g/mol. The molecule has 1 amide bonds. The number of nitro groups is 1. The lowest BCUT2D eigenvalue weighted by molar-refractivity contribution is -0.385. The fourth-order valence-corrected chi connectivity index (χ4v) is 2.27. The Morgan fingerprint density at radius 3 is 2.85 bits per heavy atom. The number of carbonyl (C=O) groups is 1. The lowest BCUT2D eigenvalue weighted by Gasteiger charge is -2.05. The molecular formula is C11H8ClN3O4S. The van der Waals surface area contributed by atoms with E-state index in [0.717, 1.165) is 11.3 Å². The van der Waals surface area contributed by atoms with Gasteiger partial charge in [0.15, 0.2) is 0 Å². The number of benzene rings is 1. The summed E-state index contributed by atoms with van der Waals surface area (Å²) in [6.45, 7) is 0.0707. The van der Waals surface area contributed by atoms with Crippen LogP contribution in [0.2, 0.25) is 5.02 Å². The van der Waals surface area contributed by atoms with E-state index >= 15 is 0 Å². The summed E-state index contributed by atoms with van der Waals surface area (Å²) in [5.74, 6) is -0.633. The molecule has 2 N–H and O–H groups in total. The smallest absolute Gasteiger partial charge is 0.304 e. The van der Waals surface area contributed by atoms with E-state index in [1.807, 2.05) is 0 Å². The molecule has 0 aliphatic heterocycles. The summed E-state index contributed by atoms with van der Waals surface area (Å²) in [5.41, 5.74) is 0.0730. The van der Waals surface area contributed by atoms with Crippen LogP contribution in [0.15, 0.2) is 28.4 Å². The molecule has 0 bridgehead atoms. The van der Waals surface area contributed by atoms with Crippen molar-refractivity contribution in [3.8, 4) is 0 Å². The van der Waals surface area contributed by atoms with Gasteiger partial charge in [-0.25, -0.2) is 0 Å². The van der Waals surface area contributed by atoms with Gasteiger partial charge in [0.05, 0.1) is 11.5 Å². The molecule has 0 atom stereocenters. The van der Waals surface area contributed by atoms with Crippen molar-refractivity contribution in [1.82, 2.24) is 10.3 Å². The van der Waals surface area contributed by atoms with E-state index in [2.05, 4.69) is 10.3 Å². The molecule has 0 aliphatic rings. The first-order valence-corrected chi connectivity index (χ1v) is 6.62. The van der Waals surface area contributed by atoms with Gasteiger partial charge in [-0.05, 0) is 12.1 Å². The Hall–Kier alpha value is -2.19. The molecule has 0 unspecified atom stereocenters. The average Bonchev–Trinajstić information content (AvgIpc) is 2.81. The van der Waals surface area contributed by atoms with Gasteiger partial charge in [-0.15, -0.1) is 0 Å². The van der Waals surface area contributed by atoms with Crippen LogP contribution in [0.3, 0.4) is 0 Å². The molecule has 0 saturated heterocycles. The second kappa shape index (κ2) is 5.85. The quantitative estimate of drug-likeness (QED) is 0.664. The number of halogens is 1. The molecule has 0 saturated carbocycles. The fourth-order valence-electron chi connectivity index (χ4n) is 1.52. The minimum atomic E-state index is -0.655. The van der Waals surface area contributed by atoms with E-state index in [1.165, 1.54) is 18.2 Å². The number of amides is 1. The number of hydrogen-bond acceptors (Lipinski definition) is 5. The third-order valence-electron chi connectivity index (χ3n) is 2.41. The van der Waals surface area contributed by atoms with Gasteiger partial charge in [0.1, 0.15) is 5.56 Å². The van der Waals surface area contributed by atoms with Crippen LogP contribution < -0.4 is 10.2 Å². The molecule has 9 heteroatoms. The summed E-state index contributed by atoms with van der Waals surface area (Å²) < 4.78 is 0. The van der Waals surface area contributed by atoms with E-state index in [-0.39, 0.29) is 27.7 Å². The summed E-state index contributed by atoms with van der Waals surface area (Å²) in [7, 11) is 0. The van der Waals surface area contributed by atoms with Crippen LogP contribution in [0.4, 0.5) is 5.69 Å². The molecule has 20 heavy (non-hydrogen) atoms. The maximum absolute atomic E-state index is 11.9. The molecule has 104 valence electrons. The number of nitro benzene ring substituents is 1. The highest BCUT2D eigenvalue weighted by molar-refractivity contribution is 7.07. The van der Waals surface area contributed by atoms with Crippen molar-refractivity contribution in [2.75, 3.05) is 0 Å². The second-order valence-electron chi connectivity index (χ2n) is 3.77. The maximum Gasteiger partial charge on any atom is 0.304 e. The van der Waals surface area contributed by atoms with Crippen molar-refractivity contribution in [1.29, 1.82) is 0 Å². The van der Waals surface area contributed by atoms with Crippen molar-refractivity contribution >= 4 is 34.5 Å². The Bertz CT molecular complexity index is 724. The lowest BCUT2D eigenvalue weighted by Crippen LogP contribution is -2.24. The first kappa shape index (κ1) is 14.2. The van der Waals surface area contributed by atoms with E-state index < -0.39 is 10.8 Å². The van der Waals surface area contributed by atoms with Crippen LogP contribution in [0, 0.1) is 10.1 Å². The van der Waals surface area contributed by atoms with Crippen LogP contribution in [-0.2, 0) is 6.54 Å². The number of aromatic nitrogens is 1. The van der Waals surface area contributed by atoms with E-state index in [0.29, 0.717) is 5.69 Å². The van der Waals surface area contributed by atoms with E-state index in [4.69, 9.17) is 11.6 Å². The SMILES string of the molecule is O=C(NCc1csc(=O)[nH]1)c1cc(Cl)ccc1[N+](=O)[O-]. The molecule has 1 aromatic carbocycles. The molecule has 2 rings (SSSR count). The average molecular weight is 314 g/mol. The van der Waals surface area contributed by atoms with Gasteiger partial charge in [0.25, 0.3) is 11.6 Å². The van der Waals surface area contributed by atoms with Gasteiger partial charge in [0, 0.05) is 22.2 Å². The maximum atomic E-state index is 11.9. The van der Waals surface area contributed by atoms with Gasteiger partial charge in [-0.3, -0.25) is 19.7 Å². The van der Waals surface area contributed by atoms with Crippen molar-refractivity contribution in [2.24, 2.45) is 0 Å². The number of thiazole rings is 1. The number of hydrogen-bond donors (Lipinski definition) is 2. The topological polar surface area (TPSA) is 105 Å². The number of aromatic amines is 1. The molecule has 0 aliphatic carbocycles. The molecule has 2 aromatic rings. The van der Waals surface area contributed by atoms with E-state index in [1.54, 1.807) is 5.38 Å². The van der Waals surface area contributed by atoms with Crippen molar-refractivity contribution in [3.05, 3.63) is 59.6 Å². The normalized spacial score (nSPS) is 10.2. The third kappa shape index (κ3) is 3.22. The van der Waals surface area contributed by atoms with Crippen molar-refractivity contribution in [3.63, 3.8) is 0 Å². The van der Waals surface area contributed by atoms with Gasteiger partial charge in [-0.2, -0.15) is 0 Å². The summed E-state index contributed by atoms with van der Waals surface area (Å²) in [4.78, 5) is 35.4. The van der Waals surface area contributed by atoms with Crippen LogP contribution in [0.1, 0.15) is 16.1 Å². The molecular weight excluding hydrogens is 306 g/mol. The second-order valence-corrected chi connectivity index (χ2v) is 5.05. The first-order valence-electron chi connectivity index (χ1n) is 5.36. The summed E-state index contributed by atoms with van der Waals surface area (Å²) in [6, 6.07) is 3.74. The Morgan fingerprint density at radius 2 is 2.25 bits per heavy atom. The minimum Gasteiger partial charge on any atom is -0.346 e. The summed E-state index contributed by atoms with van der Waals surface area (Å²) >= 11 is 6.71. The first-order chi connectivity index (χ1) is 9.47. The number of nitrogens with one attached hydrogen (secondary N) is 2. The molecule has 0 fully saturated rings. The number of nitrogens with zero attached hydrogens (tertiary/aromatic N) is 1. The zero-order valence-electron chi connectivity index (χ0n) is 9.88. The zero-order chi connectivity index (χ0) is 14.7. The Labute approximate surface area is 121 Å². The Balaban J connectivity index is 2.18. The molecule has 1 aromatic heterocycles. The van der Waals surface area contributed by atoms with Gasteiger partial charge in [0.2, 0.25) is 0 Å². The van der Waals surface area contributed by atoms with Crippen molar-refractivity contribution in [2.45, 2.75) is 6.54 Å². The number of rotatable bonds is 4. The Kier molecular flexibility index (Phi) is 4.16. The Morgan fingerprint density at radius 1 is 1.50 bits per heavy atom. The third-order valence-corrected chi connectivity index (χ3v) is 3.36. The highest BCUT2D eigenvalue weighted by Gasteiger charge is 2.20. The highest BCUT2D eigenvalue weighted by atomic mass is 35.5. The van der Waals surface area contributed by atoms with Crippen molar-refractivity contribution < 1.29 is 9.72 Å². The molecule has 1 heterocycles. The van der Waals surface area contributed by atoms with Gasteiger partial charge < -0.3 is 10.3 Å². The minimum absolute atomic E-state index is 0.0707. The molecule has 7 nitrogen and oxygen atoms in total. The molecule has 0 spiro atoms. The van der Waals surface area contributed by atoms with Crippen LogP contribution in [-0.4, -0.2) is 15.8 Å². The van der Waals surface area contributed by atoms with Crippen LogP contribution in [0.25, 0.3) is 0 Å². The summed E-state index contributed by atoms with van der Waals surface area (Å²) in [6.07, 6.45) is 0. The standard InChI is InChI=1S/C11H8ClN3O4S/c12-6-1-2-9(15(18)19)8(3-6)10(16)13-4-7-5-20-11(17)14-7/h1-3,5H,4H2,(H,13,16)(H,14,17). The molecule has 0 radical (unpaired) electrons. The predicted molar refractivity (Wildman–Crippen MR) is 74.2 cm³/mol.